The van der Waals surface area contributed by atoms with Gasteiger partial charge < -0.3 is 27.6 Å². The molecular formula is C42H76BN8O6S8. The van der Waals surface area contributed by atoms with Gasteiger partial charge in [-0.25, -0.2) is 4.79 Å². The van der Waals surface area contributed by atoms with E-state index in [-0.39, 0.29) is 29.3 Å². The van der Waals surface area contributed by atoms with Crippen molar-refractivity contribution in [3.8, 4) is 0 Å². The molecule has 14 nitrogen and oxygen atoms in total. The Morgan fingerprint density at radius 3 is 1.82 bits per heavy atom. The van der Waals surface area contributed by atoms with Crippen molar-refractivity contribution in [2.45, 2.75) is 106 Å². The van der Waals surface area contributed by atoms with Crippen molar-refractivity contribution in [3.63, 3.8) is 0 Å². The molecule has 0 spiro atoms. The van der Waals surface area contributed by atoms with Crippen molar-refractivity contribution < 1.29 is 27.4 Å². The number of hydrogen-bond acceptors (Lipinski definition) is 17. The van der Waals surface area contributed by atoms with E-state index in [4.69, 9.17) is 24.9 Å². The molecule has 1 aliphatic rings. The second-order valence-corrected chi connectivity index (χ2v) is 23.7. The molecule has 0 aromatic heterocycles. The maximum atomic E-state index is 11.3. The summed E-state index contributed by atoms with van der Waals surface area (Å²) in [6.45, 7) is 14.1. The van der Waals surface area contributed by atoms with Gasteiger partial charge in [-0.1, -0.05) is 123 Å². The fraction of sp³-hybridized carbons (Fsp3) is 0.548. The summed E-state index contributed by atoms with van der Waals surface area (Å²) in [4.78, 5) is 52.1. The summed E-state index contributed by atoms with van der Waals surface area (Å²) < 4.78 is 10.0. The molecule has 371 valence electrons. The van der Waals surface area contributed by atoms with Gasteiger partial charge in [0.05, 0.1) is 16.6 Å². The number of carboxylic acids is 1. The van der Waals surface area contributed by atoms with E-state index in [0.717, 1.165) is 30.3 Å². The van der Waals surface area contributed by atoms with E-state index in [1.165, 1.54) is 65.0 Å². The number of allylic oxidation sites excluding steroid dienone is 1. The van der Waals surface area contributed by atoms with Gasteiger partial charge in [0.1, 0.15) is 5.56 Å². The molecule has 1 radical (unpaired) electrons. The molecule has 1 amide bonds. The van der Waals surface area contributed by atoms with Gasteiger partial charge >= 0.3 is 18.9 Å². The third-order valence-corrected chi connectivity index (χ3v) is 17.0. The molecule has 2 aromatic carbocycles. The Morgan fingerprint density at radius 2 is 1.48 bits per heavy atom. The van der Waals surface area contributed by atoms with Crippen LogP contribution in [0.3, 0.4) is 0 Å². The van der Waals surface area contributed by atoms with E-state index >= 15 is 0 Å². The van der Waals surface area contributed by atoms with Crippen LogP contribution in [-0.4, -0.2) is 109 Å². The molecule has 1 saturated heterocycles. The average molecular weight is 1060 g/mol. The molecule has 0 saturated carbocycles. The minimum atomic E-state index is -1.31. The number of amidine groups is 2. The van der Waals surface area contributed by atoms with Gasteiger partial charge in [-0.15, -0.1) is 11.8 Å². The van der Waals surface area contributed by atoms with Gasteiger partial charge in [0.25, 0.3) is 11.6 Å². The van der Waals surface area contributed by atoms with Crippen molar-refractivity contribution in [2.75, 3.05) is 47.0 Å². The molecule has 23 heteroatoms. The van der Waals surface area contributed by atoms with E-state index in [2.05, 4.69) is 68.5 Å². The Balaban J connectivity index is -0.000000180. The number of carbonyl (C=O) groups excluding carboxylic acids is 2. The first-order valence-corrected chi connectivity index (χ1v) is 29.1. The first-order chi connectivity index (χ1) is 31.3. The maximum absolute atomic E-state index is 11.3. The average Bonchev–Trinajstić information content (AvgIpc) is 3.72. The predicted octanol–water partition coefficient (Wildman–Crippen LogP) is 12.1. The Bertz CT molecular complexity index is 1700. The molecule has 1 heterocycles. The number of nitrogens with two attached hydrogens (primary N) is 3. The number of aromatic carboxylic acids is 1. The van der Waals surface area contributed by atoms with Crippen LogP contribution < -0.4 is 22.5 Å². The standard InChI is InChI=1S/C13H17N3O4S2.C11H15NOS2.C7H16N2S2.C6H10S.C3H6OS.CH5N.CH4.BHN.H2/c1-8(3-6-12(14)15-2)21-22-9-4-5-11(16(19)20)10(7-9)13(17)18;1-8(15-14-3)9-4-6-10(7-5-9)11(13)12-2;1-6(11-10-3)4-5-7(8)9-2;1-5-3-4-6(2)7-5;1-3(4)5-2;1-2;;1-2;/h4-5,7-8H,3,6H2,1-2H3,(H2,14,15)(H,17,18);4-8H,1-3H3,(H,12,13);6H,4-5H2,1-3H3,(H2,8,9);6H,1,3-4H2,2H3;1-2H3;2H2,1H3;1H4;2H;1H/i;;;;;;;;1+2D. The number of nitrogens with zero attached hydrogens (tertiary/aromatic N) is 3. The molecule has 65 heavy (non-hydrogen) atoms. The first kappa shape index (κ1) is 69.3. The van der Waals surface area contributed by atoms with Gasteiger partial charge in [0, 0.05) is 81.4 Å². The number of thioether (sulfide) groups is 2. The van der Waals surface area contributed by atoms with E-state index in [1.54, 1.807) is 72.8 Å². The van der Waals surface area contributed by atoms with E-state index in [0.29, 0.717) is 33.2 Å². The first-order valence-electron chi connectivity index (χ1n) is 20.5. The van der Waals surface area contributed by atoms with Gasteiger partial charge in [-0.2, -0.15) is 0 Å². The Labute approximate surface area is 426 Å². The number of hydrogen-bond donors (Lipinski definition) is 6. The minimum absolute atomic E-state index is 0. The van der Waals surface area contributed by atoms with Crippen molar-refractivity contribution in [1.82, 2.24) is 5.32 Å². The van der Waals surface area contributed by atoms with Crippen LogP contribution in [0.4, 0.5) is 5.69 Å². The van der Waals surface area contributed by atoms with Crippen LogP contribution in [0.1, 0.15) is 115 Å². The van der Waals surface area contributed by atoms with Crippen LogP contribution in [0.25, 0.3) is 0 Å². The molecule has 1 aliphatic heterocycles. The Kier molecular flexibility index (Phi) is 50.0. The number of nitrogens with one attached hydrogen (secondary N) is 2. The van der Waals surface area contributed by atoms with E-state index in [1.807, 2.05) is 64.5 Å². The third-order valence-electron chi connectivity index (χ3n) is 7.75. The zero-order valence-corrected chi connectivity index (χ0v) is 45.7. The quantitative estimate of drug-likeness (QED) is 0.0215. The monoisotopic (exact) mass is 1060 g/mol. The second kappa shape index (κ2) is 46.8. The normalized spacial score (nSPS) is 14.0. The van der Waals surface area contributed by atoms with Crippen LogP contribution in [0.2, 0.25) is 0 Å². The number of nitro benzene ring substituents is 1. The summed E-state index contributed by atoms with van der Waals surface area (Å²) in [6, 6.07) is 11.9. The van der Waals surface area contributed by atoms with Crippen LogP contribution in [-0.2, 0) is 4.79 Å². The van der Waals surface area contributed by atoms with Crippen LogP contribution in [0.15, 0.2) is 68.8 Å². The predicted molar refractivity (Wildman–Crippen MR) is 304 cm³/mol. The van der Waals surface area contributed by atoms with Crippen LogP contribution in [0, 0.1) is 15.4 Å². The molecule has 3 rings (SSSR count). The number of carbonyl (C=O) groups is 3. The van der Waals surface area contributed by atoms with Gasteiger partial charge in [-0.3, -0.25) is 29.7 Å². The van der Waals surface area contributed by atoms with Crippen molar-refractivity contribution in [3.05, 3.63) is 80.8 Å². The SMILES string of the molecule is C.C=C1CCC(C)S1.CN.CN=C(N)CCC(C)SSC.CN=C(N)CCC(C)SSc1ccc([N+](=O)[O-])c(C(=O)O)c1.CNC(=O)c1ccc(C(C)SSC)cc1.CSC(C)=O.[2H][3H].[B]=N. The third kappa shape index (κ3) is 39.5. The van der Waals surface area contributed by atoms with E-state index < -0.39 is 16.6 Å². The molecular weight excluding hydrogens is 980 g/mol. The molecule has 4 atom stereocenters. The molecule has 0 bridgehead atoms. The molecule has 0 aliphatic carbocycles. The van der Waals surface area contributed by atoms with Crippen molar-refractivity contribution in [2.24, 2.45) is 27.2 Å². The van der Waals surface area contributed by atoms with Crippen molar-refractivity contribution in [1.29, 1.82) is 5.31 Å². The topological polar surface area (TPSA) is 253 Å². The summed E-state index contributed by atoms with van der Waals surface area (Å²) in [5, 5.41) is 30.1. The Morgan fingerprint density at radius 1 is 1.00 bits per heavy atom. The van der Waals surface area contributed by atoms with Crippen molar-refractivity contribution >= 4 is 130 Å². The van der Waals surface area contributed by atoms with Gasteiger partial charge in [0.15, 0.2) is 5.12 Å². The second-order valence-electron chi connectivity index (χ2n) is 12.6. The van der Waals surface area contributed by atoms with Gasteiger partial charge in [0.2, 0.25) is 0 Å². The molecule has 4 unspecified atom stereocenters. The molecule has 2 aromatic rings. The summed E-state index contributed by atoms with van der Waals surface area (Å²) in [5.74, 6) is 0.0188. The summed E-state index contributed by atoms with van der Waals surface area (Å²) in [7, 11) is 20.5. The van der Waals surface area contributed by atoms with E-state index in [9.17, 15) is 24.5 Å². The fourth-order valence-electron chi connectivity index (χ4n) is 4.24. The number of nitro groups is 1. The fourth-order valence-corrected chi connectivity index (χ4v) is 11.1. The molecule has 9 N–H and O–H groups in total. The zero-order valence-electron chi connectivity index (χ0n) is 41.2. The number of benzene rings is 2. The number of amides is 1. The number of aliphatic imine (C=N–C) groups is 2. The number of carboxylic acid groups (broad SMARTS) is 1. The zero-order chi connectivity index (χ0) is 52.2. The summed E-state index contributed by atoms with van der Waals surface area (Å²) in [5.41, 5.74) is 16.9. The van der Waals surface area contributed by atoms with Crippen LogP contribution in [0.5, 0.6) is 0 Å². The summed E-state index contributed by atoms with van der Waals surface area (Å²) in [6.07, 6.45) is 12.1. The van der Waals surface area contributed by atoms with Crippen LogP contribution >= 0.6 is 88.3 Å². The Hall–Kier alpha value is -2.25. The van der Waals surface area contributed by atoms with Gasteiger partial charge in [-0.05, 0) is 93.2 Å². The number of rotatable bonds is 17. The summed E-state index contributed by atoms with van der Waals surface area (Å²) >= 11 is 3.17. The molecule has 1 fully saturated rings.